The molecule has 1 heterocycles. The van der Waals surface area contributed by atoms with Gasteiger partial charge in [0.15, 0.2) is 0 Å². The molecule has 1 saturated carbocycles. The normalized spacial score (nSPS) is 33.7. The molecule has 2 fully saturated rings. The molecule has 2 aliphatic rings. The second kappa shape index (κ2) is 4.30. The highest BCUT2D eigenvalue weighted by Crippen LogP contribution is 2.37. The second-order valence-corrected chi connectivity index (χ2v) is 4.73. The number of hydrogen-bond acceptors (Lipinski definition) is 2. The minimum atomic E-state index is -0.160. The first-order valence-corrected chi connectivity index (χ1v) is 5.79. The van der Waals surface area contributed by atoms with Crippen LogP contribution in [0.1, 0.15) is 38.5 Å². The van der Waals surface area contributed by atoms with Crippen LogP contribution in [0.15, 0.2) is 0 Å². The molecule has 0 aromatic carbocycles. The van der Waals surface area contributed by atoms with E-state index in [1.54, 1.807) is 0 Å². The molecule has 3 nitrogen and oxygen atoms in total. The summed E-state index contributed by atoms with van der Waals surface area (Å²) in [5, 5.41) is 3.41. The Morgan fingerprint density at radius 1 is 1.29 bits per heavy atom. The highest BCUT2D eigenvalue weighted by atomic mass is 16.1. The summed E-state index contributed by atoms with van der Waals surface area (Å²) in [7, 11) is 0. The number of amides is 1. The lowest BCUT2D eigenvalue weighted by Crippen LogP contribution is -2.34. The van der Waals surface area contributed by atoms with E-state index < -0.39 is 0 Å². The smallest absolute Gasteiger partial charge is 0.218 e. The zero-order chi connectivity index (χ0) is 9.97. The maximum atomic E-state index is 10.9. The van der Waals surface area contributed by atoms with Gasteiger partial charge in [-0.25, -0.2) is 0 Å². The van der Waals surface area contributed by atoms with E-state index >= 15 is 0 Å². The Hall–Kier alpha value is -0.570. The van der Waals surface area contributed by atoms with Crippen molar-refractivity contribution in [3.63, 3.8) is 0 Å². The average Bonchev–Trinajstić information content (AvgIpc) is 2.70. The summed E-state index contributed by atoms with van der Waals surface area (Å²) >= 11 is 0. The van der Waals surface area contributed by atoms with Crippen LogP contribution in [0.5, 0.6) is 0 Å². The van der Waals surface area contributed by atoms with Crippen molar-refractivity contribution in [2.75, 3.05) is 6.54 Å². The molecule has 3 heteroatoms. The van der Waals surface area contributed by atoms with Gasteiger partial charge >= 0.3 is 0 Å². The van der Waals surface area contributed by atoms with Gasteiger partial charge in [-0.05, 0) is 24.8 Å². The van der Waals surface area contributed by atoms with Crippen LogP contribution < -0.4 is 11.1 Å². The Morgan fingerprint density at radius 3 is 2.64 bits per heavy atom. The molecular formula is C11H20N2O. The van der Waals surface area contributed by atoms with Crippen molar-refractivity contribution in [3.05, 3.63) is 0 Å². The van der Waals surface area contributed by atoms with Crippen LogP contribution in [-0.4, -0.2) is 18.5 Å². The van der Waals surface area contributed by atoms with Crippen LogP contribution in [-0.2, 0) is 4.79 Å². The lowest BCUT2D eigenvalue weighted by atomic mass is 9.84. The Labute approximate surface area is 85.4 Å². The molecule has 2 rings (SSSR count). The lowest BCUT2D eigenvalue weighted by Gasteiger charge is -2.24. The SMILES string of the molecule is NC(=O)CC1NCCC1C1CCCC1. The summed E-state index contributed by atoms with van der Waals surface area (Å²) in [6, 6.07) is 0.371. The third-order valence-electron chi connectivity index (χ3n) is 3.83. The Balaban J connectivity index is 1.92. The van der Waals surface area contributed by atoms with Crippen LogP contribution >= 0.6 is 0 Å². The summed E-state index contributed by atoms with van der Waals surface area (Å²) in [6.45, 7) is 1.07. The van der Waals surface area contributed by atoms with Crippen molar-refractivity contribution < 1.29 is 4.79 Å². The molecule has 3 N–H and O–H groups in total. The molecule has 0 aromatic heterocycles. The molecule has 80 valence electrons. The van der Waals surface area contributed by atoms with Crippen molar-refractivity contribution >= 4 is 5.91 Å². The molecule has 0 aromatic rings. The monoisotopic (exact) mass is 196 g/mol. The Morgan fingerprint density at radius 2 is 2.00 bits per heavy atom. The third kappa shape index (κ3) is 2.08. The Bertz CT molecular complexity index is 211. The Kier molecular flexibility index (Phi) is 3.06. The standard InChI is InChI=1S/C11H20N2O/c12-11(14)7-10-9(5-6-13-10)8-3-1-2-4-8/h8-10,13H,1-7H2,(H2,12,14). The number of rotatable bonds is 3. The van der Waals surface area contributed by atoms with Crippen molar-refractivity contribution in [3.8, 4) is 0 Å². The number of carbonyl (C=O) groups is 1. The first-order chi connectivity index (χ1) is 6.77. The first kappa shape index (κ1) is 9.97. The molecule has 0 radical (unpaired) electrons. The average molecular weight is 196 g/mol. The molecular weight excluding hydrogens is 176 g/mol. The van der Waals surface area contributed by atoms with Crippen LogP contribution in [0, 0.1) is 11.8 Å². The summed E-state index contributed by atoms with van der Waals surface area (Å²) < 4.78 is 0. The van der Waals surface area contributed by atoms with Crippen molar-refractivity contribution in [1.29, 1.82) is 0 Å². The van der Waals surface area contributed by atoms with Gasteiger partial charge < -0.3 is 11.1 Å². The van der Waals surface area contributed by atoms with E-state index in [1.807, 2.05) is 0 Å². The van der Waals surface area contributed by atoms with Crippen LogP contribution in [0.3, 0.4) is 0 Å². The summed E-state index contributed by atoms with van der Waals surface area (Å²) in [6.07, 6.45) is 7.25. The van der Waals surface area contributed by atoms with Crippen molar-refractivity contribution in [2.24, 2.45) is 17.6 Å². The highest BCUT2D eigenvalue weighted by Gasteiger charge is 2.35. The van der Waals surface area contributed by atoms with E-state index in [2.05, 4.69) is 5.32 Å². The highest BCUT2D eigenvalue weighted by molar-refractivity contribution is 5.74. The van der Waals surface area contributed by atoms with Gasteiger partial charge in [0, 0.05) is 12.5 Å². The number of carbonyl (C=O) groups excluding carboxylic acids is 1. The van der Waals surface area contributed by atoms with Crippen LogP contribution in [0.4, 0.5) is 0 Å². The van der Waals surface area contributed by atoms with Crippen molar-refractivity contribution in [1.82, 2.24) is 5.32 Å². The molecule has 1 aliphatic carbocycles. The largest absolute Gasteiger partial charge is 0.370 e. The molecule has 1 aliphatic heterocycles. The minimum Gasteiger partial charge on any atom is -0.370 e. The molecule has 0 spiro atoms. The van der Waals surface area contributed by atoms with Gasteiger partial charge in [-0.2, -0.15) is 0 Å². The van der Waals surface area contributed by atoms with Gasteiger partial charge in [0.1, 0.15) is 0 Å². The first-order valence-electron chi connectivity index (χ1n) is 5.79. The molecule has 1 saturated heterocycles. The zero-order valence-corrected chi connectivity index (χ0v) is 8.67. The number of nitrogens with one attached hydrogen (secondary N) is 1. The van der Waals surface area contributed by atoms with E-state index in [1.165, 1.54) is 32.1 Å². The maximum Gasteiger partial charge on any atom is 0.218 e. The van der Waals surface area contributed by atoms with Gasteiger partial charge in [0.25, 0.3) is 0 Å². The summed E-state index contributed by atoms with van der Waals surface area (Å²) in [5.74, 6) is 1.41. The second-order valence-electron chi connectivity index (χ2n) is 4.73. The van der Waals surface area contributed by atoms with E-state index in [0.29, 0.717) is 18.4 Å². The van der Waals surface area contributed by atoms with Gasteiger partial charge in [-0.3, -0.25) is 4.79 Å². The fourth-order valence-electron chi connectivity index (χ4n) is 3.18. The van der Waals surface area contributed by atoms with Gasteiger partial charge in [0.2, 0.25) is 5.91 Å². The number of hydrogen-bond donors (Lipinski definition) is 2. The van der Waals surface area contributed by atoms with E-state index in [0.717, 1.165) is 12.5 Å². The maximum absolute atomic E-state index is 10.9. The van der Waals surface area contributed by atoms with E-state index in [9.17, 15) is 4.79 Å². The minimum absolute atomic E-state index is 0.160. The number of primary amides is 1. The molecule has 1 amide bonds. The fourth-order valence-corrected chi connectivity index (χ4v) is 3.18. The van der Waals surface area contributed by atoms with Crippen molar-refractivity contribution in [2.45, 2.75) is 44.6 Å². The quantitative estimate of drug-likeness (QED) is 0.708. The predicted molar refractivity (Wildman–Crippen MR) is 55.7 cm³/mol. The summed E-state index contributed by atoms with van der Waals surface area (Å²) in [5.41, 5.74) is 5.25. The van der Waals surface area contributed by atoms with Crippen LogP contribution in [0.2, 0.25) is 0 Å². The molecule has 0 bridgehead atoms. The summed E-state index contributed by atoms with van der Waals surface area (Å²) in [4.78, 5) is 10.9. The van der Waals surface area contributed by atoms with E-state index in [-0.39, 0.29) is 5.91 Å². The van der Waals surface area contributed by atoms with Crippen LogP contribution in [0.25, 0.3) is 0 Å². The predicted octanol–water partition coefficient (Wildman–Crippen LogP) is 1.03. The zero-order valence-electron chi connectivity index (χ0n) is 8.67. The van der Waals surface area contributed by atoms with E-state index in [4.69, 9.17) is 5.73 Å². The topological polar surface area (TPSA) is 55.1 Å². The molecule has 2 atom stereocenters. The third-order valence-corrected chi connectivity index (χ3v) is 3.83. The molecule has 2 unspecified atom stereocenters. The molecule has 14 heavy (non-hydrogen) atoms. The fraction of sp³-hybridized carbons (Fsp3) is 0.909. The van der Waals surface area contributed by atoms with Gasteiger partial charge in [-0.1, -0.05) is 25.7 Å². The number of nitrogens with two attached hydrogens (primary N) is 1. The van der Waals surface area contributed by atoms with Gasteiger partial charge in [0.05, 0.1) is 0 Å². The van der Waals surface area contributed by atoms with Gasteiger partial charge in [-0.15, -0.1) is 0 Å². The lowest BCUT2D eigenvalue weighted by molar-refractivity contribution is -0.118.